The molecule has 1 N–H and O–H groups in total. The fraction of sp³-hybridized carbons (Fsp3) is 0.700. The van der Waals surface area contributed by atoms with Crippen molar-refractivity contribution in [3.8, 4) is 0 Å². The van der Waals surface area contributed by atoms with Gasteiger partial charge in [-0.1, -0.05) is 12.2 Å². The Morgan fingerprint density at radius 2 is 2.21 bits per heavy atom. The molecule has 0 aromatic rings. The van der Waals surface area contributed by atoms with E-state index in [1.165, 1.54) is 0 Å². The van der Waals surface area contributed by atoms with Gasteiger partial charge < -0.3 is 15.0 Å². The smallest absolute Gasteiger partial charge is 0.410 e. The topological polar surface area (TPSA) is 41.6 Å². The second kappa shape index (κ2) is 4.46. The monoisotopic (exact) mass is 196 g/mol. The van der Waals surface area contributed by atoms with Crippen molar-refractivity contribution in [1.82, 2.24) is 10.2 Å². The fourth-order valence-corrected chi connectivity index (χ4v) is 1.76. The Hall–Kier alpha value is -1.03. The molecule has 0 radical (unpaired) electrons. The number of hydrogen-bond acceptors (Lipinski definition) is 3. The fourth-order valence-electron chi connectivity index (χ4n) is 1.76. The van der Waals surface area contributed by atoms with Crippen LogP contribution in [0.4, 0.5) is 4.79 Å². The average molecular weight is 196 g/mol. The molecule has 1 saturated heterocycles. The molecule has 14 heavy (non-hydrogen) atoms. The van der Waals surface area contributed by atoms with Gasteiger partial charge in [0, 0.05) is 19.6 Å². The van der Waals surface area contributed by atoms with Gasteiger partial charge in [0.15, 0.2) is 0 Å². The Labute approximate surface area is 83.9 Å². The lowest BCUT2D eigenvalue weighted by Crippen LogP contribution is -2.40. The summed E-state index contributed by atoms with van der Waals surface area (Å²) < 4.78 is 5.36. The number of nitrogens with zero attached hydrogens (tertiary/aromatic N) is 1. The van der Waals surface area contributed by atoms with E-state index in [9.17, 15) is 4.79 Å². The summed E-state index contributed by atoms with van der Waals surface area (Å²) in [4.78, 5) is 13.3. The van der Waals surface area contributed by atoms with Gasteiger partial charge in [0.1, 0.15) is 6.10 Å². The lowest BCUT2D eigenvalue weighted by molar-refractivity contribution is 0.0580. The summed E-state index contributed by atoms with van der Waals surface area (Å²) in [5.41, 5.74) is 0. The van der Waals surface area contributed by atoms with Gasteiger partial charge >= 0.3 is 6.09 Å². The molecule has 0 aromatic carbocycles. The van der Waals surface area contributed by atoms with E-state index in [1.807, 2.05) is 12.2 Å². The maximum absolute atomic E-state index is 11.5. The van der Waals surface area contributed by atoms with Crippen LogP contribution in [-0.4, -0.2) is 43.3 Å². The van der Waals surface area contributed by atoms with Gasteiger partial charge in [-0.05, 0) is 19.4 Å². The molecule has 2 aliphatic heterocycles. The van der Waals surface area contributed by atoms with E-state index in [0.29, 0.717) is 13.1 Å². The van der Waals surface area contributed by atoms with Crippen molar-refractivity contribution >= 4 is 6.09 Å². The molecule has 0 aromatic heterocycles. The first-order valence-electron chi connectivity index (χ1n) is 5.17. The van der Waals surface area contributed by atoms with Gasteiger partial charge in [-0.25, -0.2) is 4.79 Å². The third kappa shape index (κ3) is 2.26. The number of rotatable bonds is 1. The molecule has 0 spiro atoms. The Kier molecular flexibility index (Phi) is 3.03. The van der Waals surface area contributed by atoms with Gasteiger partial charge in [-0.15, -0.1) is 0 Å². The molecule has 4 nitrogen and oxygen atoms in total. The predicted octanol–water partition coefficient (Wildman–Crippen LogP) is 0.747. The Morgan fingerprint density at radius 3 is 2.86 bits per heavy atom. The number of ether oxygens (including phenoxy) is 1. The highest BCUT2D eigenvalue weighted by molar-refractivity contribution is 5.68. The summed E-state index contributed by atoms with van der Waals surface area (Å²) in [6.07, 6.45) is 5.94. The zero-order valence-corrected chi connectivity index (χ0v) is 8.24. The van der Waals surface area contributed by atoms with Gasteiger partial charge in [-0.3, -0.25) is 0 Å². The largest absolute Gasteiger partial charge is 0.445 e. The highest BCUT2D eigenvalue weighted by Gasteiger charge is 2.21. The Bertz CT molecular complexity index is 226. The number of piperidine rings is 1. The first-order chi connectivity index (χ1) is 6.86. The van der Waals surface area contributed by atoms with Crippen molar-refractivity contribution in [3.63, 3.8) is 0 Å². The number of hydrogen-bond donors (Lipinski definition) is 1. The SMILES string of the molecule is O=C(OC1CCCNC1)N1CC=CC1. The third-order valence-corrected chi connectivity index (χ3v) is 2.60. The minimum Gasteiger partial charge on any atom is -0.445 e. The summed E-state index contributed by atoms with van der Waals surface area (Å²) in [5.74, 6) is 0. The van der Waals surface area contributed by atoms with Crippen molar-refractivity contribution in [2.75, 3.05) is 26.2 Å². The molecule has 1 fully saturated rings. The molecule has 2 rings (SSSR count). The van der Waals surface area contributed by atoms with Crippen LogP contribution in [-0.2, 0) is 4.74 Å². The van der Waals surface area contributed by atoms with Crippen molar-refractivity contribution in [2.24, 2.45) is 0 Å². The lowest BCUT2D eigenvalue weighted by Gasteiger charge is -2.25. The van der Waals surface area contributed by atoms with Gasteiger partial charge in [-0.2, -0.15) is 0 Å². The summed E-state index contributed by atoms with van der Waals surface area (Å²) in [7, 11) is 0. The molecular weight excluding hydrogens is 180 g/mol. The first kappa shape index (κ1) is 9.52. The molecule has 1 atom stereocenters. The minimum absolute atomic E-state index is 0.0665. The molecule has 1 unspecified atom stereocenters. The molecule has 4 heteroatoms. The van der Waals surface area contributed by atoms with Crippen LogP contribution in [0, 0.1) is 0 Å². The van der Waals surface area contributed by atoms with Crippen LogP contribution in [0.5, 0.6) is 0 Å². The van der Waals surface area contributed by atoms with E-state index < -0.39 is 0 Å². The summed E-state index contributed by atoms with van der Waals surface area (Å²) in [5, 5.41) is 3.22. The highest BCUT2D eigenvalue weighted by atomic mass is 16.6. The second-order valence-corrected chi connectivity index (χ2v) is 3.73. The number of carbonyl (C=O) groups excluding carboxylic acids is 1. The molecule has 2 heterocycles. The summed E-state index contributed by atoms with van der Waals surface area (Å²) in [6, 6.07) is 0. The molecule has 0 bridgehead atoms. The van der Waals surface area contributed by atoms with E-state index in [4.69, 9.17) is 4.74 Å². The molecule has 78 valence electrons. The van der Waals surface area contributed by atoms with Crippen LogP contribution < -0.4 is 5.32 Å². The molecule has 1 amide bonds. The van der Waals surface area contributed by atoms with Crippen molar-refractivity contribution in [2.45, 2.75) is 18.9 Å². The van der Waals surface area contributed by atoms with Crippen molar-refractivity contribution < 1.29 is 9.53 Å². The quantitative estimate of drug-likeness (QED) is 0.629. The third-order valence-electron chi connectivity index (χ3n) is 2.60. The first-order valence-corrected chi connectivity index (χ1v) is 5.17. The molecule has 0 saturated carbocycles. The molecule has 2 aliphatic rings. The van der Waals surface area contributed by atoms with Gasteiger partial charge in [0.05, 0.1) is 0 Å². The van der Waals surface area contributed by atoms with Crippen molar-refractivity contribution in [3.05, 3.63) is 12.2 Å². The van der Waals surface area contributed by atoms with Gasteiger partial charge in [0.25, 0.3) is 0 Å². The molecular formula is C10H16N2O2. The number of carbonyl (C=O) groups is 1. The van der Waals surface area contributed by atoms with Gasteiger partial charge in [0.2, 0.25) is 0 Å². The normalized spacial score (nSPS) is 26.6. The molecule has 0 aliphatic carbocycles. The van der Waals surface area contributed by atoms with E-state index in [1.54, 1.807) is 4.90 Å². The van der Waals surface area contributed by atoms with Crippen LogP contribution >= 0.6 is 0 Å². The Morgan fingerprint density at radius 1 is 1.43 bits per heavy atom. The highest BCUT2D eigenvalue weighted by Crippen LogP contribution is 2.09. The predicted molar refractivity (Wildman–Crippen MR) is 53.1 cm³/mol. The zero-order valence-electron chi connectivity index (χ0n) is 8.24. The maximum atomic E-state index is 11.5. The standard InChI is InChI=1S/C10H16N2O2/c13-10(12-6-1-2-7-12)14-9-4-3-5-11-8-9/h1-2,9,11H,3-8H2. The average Bonchev–Trinajstić information content (AvgIpc) is 2.72. The minimum atomic E-state index is -0.177. The van der Waals surface area contributed by atoms with Crippen LogP contribution in [0.2, 0.25) is 0 Å². The van der Waals surface area contributed by atoms with Crippen LogP contribution in [0.25, 0.3) is 0 Å². The van der Waals surface area contributed by atoms with E-state index in [-0.39, 0.29) is 12.2 Å². The van der Waals surface area contributed by atoms with Crippen LogP contribution in [0.1, 0.15) is 12.8 Å². The number of amides is 1. The second-order valence-electron chi connectivity index (χ2n) is 3.73. The summed E-state index contributed by atoms with van der Waals surface area (Å²) in [6.45, 7) is 3.23. The van der Waals surface area contributed by atoms with Crippen molar-refractivity contribution in [1.29, 1.82) is 0 Å². The lowest BCUT2D eigenvalue weighted by atomic mass is 10.1. The van der Waals surface area contributed by atoms with E-state index >= 15 is 0 Å². The zero-order chi connectivity index (χ0) is 9.80. The van der Waals surface area contributed by atoms with Crippen LogP contribution in [0.15, 0.2) is 12.2 Å². The van der Waals surface area contributed by atoms with Crippen LogP contribution in [0.3, 0.4) is 0 Å². The maximum Gasteiger partial charge on any atom is 0.410 e. The van der Waals surface area contributed by atoms with E-state index in [2.05, 4.69) is 5.32 Å². The van der Waals surface area contributed by atoms with E-state index in [0.717, 1.165) is 25.9 Å². The summed E-state index contributed by atoms with van der Waals surface area (Å²) >= 11 is 0. The Balaban J connectivity index is 1.75. The number of nitrogens with one attached hydrogen (secondary N) is 1.